The molecule has 12 heteroatoms. The first-order valence-corrected chi connectivity index (χ1v) is 22.5. The van der Waals surface area contributed by atoms with E-state index in [1.807, 2.05) is 66.7 Å². The van der Waals surface area contributed by atoms with Gasteiger partial charge in [-0.15, -0.1) is 0 Å². The van der Waals surface area contributed by atoms with Gasteiger partial charge in [0.25, 0.3) is 0 Å². The highest BCUT2D eigenvalue weighted by atomic mass is 16.6. The average Bonchev–Trinajstić information content (AvgIpc) is 3.34. The molecule has 2 fully saturated rings. The van der Waals surface area contributed by atoms with E-state index in [1.165, 1.54) is 6.08 Å². The van der Waals surface area contributed by atoms with Crippen LogP contribution in [0.15, 0.2) is 128 Å². The number of carbonyl (C=O) groups excluding carboxylic acids is 6. The van der Waals surface area contributed by atoms with Crippen LogP contribution in [0.25, 0.3) is 22.2 Å². The molecule has 0 saturated heterocycles. The standard InChI is InChI=1S/C54H53NO11/c1-3-41(56)34-37-12-10-35(11-13-37)16-32-50(58)63-43-24-18-39(19-25-43)53(60)65-47-30-31-48(52-45(47)28-29-46(55-52)38-8-6-5-7-9-38)66-54(61)40-20-26-44(27-21-40)64-51(59)33-17-36-14-22-42(23-15-36)62-49(57)4-2/h3-15,22-23,28-31,39-40,43-44H,1-2,16-21,24-27,32-34H2. The average molecular weight is 892 g/mol. The van der Waals surface area contributed by atoms with Gasteiger partial charge in [0.2, 0.25) is 0 Å². The van der Waals surface area contributed by atoms with Crippen LogP contribution in [-0.4, -0.2) is 52.8 Å². The van der Waals surface area contributed by atoms with Crippen LogP contribution in [0.4, 0.5) is 0 Å². The normalized spacial score (nSPS) is 18.0. The van der Waals surface area contributed by atoms with Crippen LogP contribution in [-0.2, 0) is 57.5 Å². The van der Waals surface area contributed by atoms with Gasteiger partial charge in [0.05, 0.1) is 17.5 Å². The molecule has 2 aliphatic carbocycles. The van der Waals surface area contributed by atoms with Crippen LogP contribution in [0.1, 0.15) is 80.9 Å². The Hall–Kier alpha value is -7.21. The Morgan fingerprint density at radius 1 is 0.545 bits per heavy atom. The van der Waals surface area contributed by atoms with E-state index in [0.717, 1.165) is 28.3 Å². The highest BCUT2D eigenvalue weighted by molar-refractivity contribution is 5.95. The molecule has 12 nitrogen and oxygen atoms in total. The van der Waals surface area contributed by atoms with Crippen molar-refractivity contribution < 1.29 is 52.5 Å². The number of esters is 5. The smallest absolute Gasteiger partial charge is 0.335 e. The molecular weight excluding hydrogens is 839 g/mol. The number of ether oxygens (including phenoxy) is 5. The zero-order valence-corrected chi connectivity index (χ0v) is 36.8. The van der Waals surface area contributed by atoms with E-state index in [-0.39, 0.29) is 54.4 Å². The number of hydrogen-bond acceptors (Lipinski definition) is 12. The first-order valence-electron chi connectivity index (χ1n) is 22.5. The van der Waals surface area contributed by atoms with Gasteiger partial charge < -0.3 is 23.7 Å². The number of nitrogens with zero attached hydrogens (tertiary/aromatic N) is 1. The molecule has 7 rings (SSSR count). The van der Waals surface area contributed by atoms with E-state index in [4.69, 9.17) is 28.7 Å². The number of fused-ring (bicyclic) bond motifs is 1. The predicted octanol–water partition coefficient (Wildman–Crippen LogP) is 9.57. The topological polar surface area (TPSA) is 161 Å². The number of hydrogen-bond donors (Lipinski definition) is 0. The van der Waals surface area contributed by atoms with Crippen LogP contribution in [0.5, 0.6) is 17.2 Å². The number of carbonyl (C=O) groups is 6. The van der Waals surface area contributed by atoms with Crippen LogP contribution in [0.2, 0.25) is 0 Å². The fourth-order valence-electron chi connectivity index (χ4n) is 8.28. The van der Waals surface area contributed by atoms with Crippen molar-refractivity contribution >= 4 is 46.5 Å². The van der Waals surface area contributed by atoms with Gasteiger partial charge in [-0.25, -0.2) is 9.78 Å². The lowest BCUT2D eigenvalue weighted by Gasteiger charge is -2.27. The number of pyridine rings is 1. The van der Waals surface area contributed by atoms with Gasteiger partial charge in [-0.05, 0) is 123 Å². The van der Waals surface area contributed by atoms with Crippen molar-refractivity contribution in [3.63, 3.8) is 0 Å². The molecule has 5 aromatic rings. The van der Waals surface area contributed by atoms with Crippen molar-refractivity contribution in [2.75, 3.05) is 0 Å². The van der Waals surface area contributed by atoms with Crippen LogP contribution in [0, 0.1) is 11.8 Å². The van der Waals surface area contributed by atoms with Gasteiger partial charge in [0, 0.05) is 36.3 Å². The second kappa shape index (κ2) is 22.6. The van der Waals surface area contributed by atoms with Crippen molar-refractivity contribution in [3.05, 3.63) is 145 Å². The zero-order valence-electron chi connectivity index (χ0n) is 36.8. The van der Waals surface area contributed by atoms with Crippen molar-refractivity contribution in [1.82, 2.24) is 4.98 Å². The molecule has 340 valence electrons. The minimum atomic E-state index is -0.547. The van der Waals surface area contributed by atoms with Crippen LogP contribution >= 0.6 is 0 Å². The van der Waals surface area contributed by atoms with E-state index in [2.05, 4.69) is 13.2 Å². The molecule has 0 spiro atoms. The Labute approximate surface area is 384 Å². The highest BCUT2D eigenvalue weighted by Crippen LogP contribution is 2.37. The fourth-order valence-corrected chi connectivity index (χ4v) is 8.28. The van der Waals surface area contributed by atoms with Crippen molar-refractivity contribution in [1.29, 1.82) is 0 Å². The number of aromatic nitrogens is 1. The van der Waals surface area contributed by atoms with E-state index < -0.39 is 23.8 Å². The Morgan fingerprint density at radius 3 is 1.61 bits per heavy atom. The molecule has 0 radical (unpaired) electrons. The Bertz CT molecular complexity index is 2550. The zero-order chi connectivity index (χ0) is 46.4. The Morgan fingerprint density at radius 2 is 1.06 bits per heavy atom. The first-order chi connectivity index (χ1) is 32.0. The molecule has 0 bridgehead atoms. The third-order valence-corrected chi connectivity index (χ3v) is 12.1. The molecule has 0 N–H and O–H groups in total. The maximum atomic E-state index is 13.6. The third kappa shape index (κ3) is 13.0. The lowest BCUT2D eigenvalue weighted by atomic mass is 9.87. The molecule has 0 amide bonds. The molecule has 1 heterocycles. The number of ketones is 1. The Balaban J connectivity index is 0.908. The minimum Gasteiger partial charge on any atom is -0.462 e. The summed E-state index contributed by atoms with van der Waals surface area (Å²) in [6, 6.07) is 31.0. The number of aryl methyl sites for hydroxylation is 2. The predicted molar refractivity (Wildman–Crippen MR) is 246 cm³/mol. The third-order valence-electron chi connectivity index (χ3n) is 12.1. The summed E-state index contributed by atoms with van der Waals surface area (Å²) in [6.45, 7) is 6.89. The van der Waals surface area contributed by atoms with Gasteiger partial charge in [0.15, 0.2) is 11.5 Å². The summed E-state index contributed by atoms with van der Waals surface area (Å²) in [6.07, 6.45) is 7.56. The number of benzene rings is 4. The molecule has 2 aliphatic rings. The summed E-state index contributed by atoms with van der Waals surface area (Å²) in [5.74, 6) is -1.89. The molecule has 2 saturated carbocycles. The largest absolute Gasteiger partial charge is 0.462 e. The van der Waals surface area contributed by atoms with Crippen LogP contribution in [0.3, 0.4) is 0 Å². The summed E-state index contributed by atoms with van der Waals surface area (Å²) in [5.41, 5.74) is 4.65. The quantitative estimate of drug-likeness (QED) is 0.0466. The summed E-state index contributed by atoms with van der Waals surface area (Å²) in [5, 5.41) is 0.513. The second-order valence-corrected chi connectivity index (χ2v) is 16.7. The van der Waals surface area contributed by atoms with Crippen LogP contribution < -0.4 is 14.2 Å². The van der Waals surface area contributed by atoms with Gasteiger partial charge >= 0.3 is 29.8 Å². The SMILES string of the molecule is C=CC(=O)Cc1ccc(CCC(=O)OC2CCC(C(=O)Oc3ccc(OC(=O)C4CCC(OC(=O)CCc5ccc(OC(=O)C=C)cc5)CC4)c4nc(-c5ccccc5)ccc34)CC2)cc1. The summed E-state index contributed by atoms with van der Waals surface area (Å²) >= 11 is 0. The minimum absolute atomic E-state index is 0.0480. The summed E-state index contributed by atoms with van der Waals surface area (Å²) < 4.78 is 28.7. The molecule has 4 aromatic carbocycles. The maximum absolute atomic E-state index is 13.6. The van der Waals surface area contributed by atoms with Gasteiger partial charge in [-0.1, -0.05) is 79.9 Å². The Kier molecular flexibility index (Phi) is 16.0. The maximum Gasteiger partial charge on any atom is 0.335 e. The summed E-state index contributed by atoms with van der Waals surface area (Å²) in [7, 11) is 0. The molecular formula is C54H53NO11. The van der Waals surface area contributed by atoms with E-state index in [9.17, 15) is 28.8 Å². The van der Waals surface area contributed by atoms with E-state index in [1.54, 1.807) is 36.4 Å². The molecule has 0 unspecified atom stereocenters. The van der Waals surface area contributed by atoms with Crippen molar-refractivity contribution in [2.45, 2.75) is 95.7 Å². The molecule has 1 aromatic heterocycles. The monoisotopic (exact) mass is 891 g/mol. The lowest BCUT2D eigenvalue weighted by Crippen LogP contribution is -2.30. The molecule has 0 aliphatic heterocycles. The van der Waals surface area contributed by atoms with Gasteiger partial charge in [0.1, 0.15) is 29.2 Å². The van der Waals surface area contributed by atoms with Crippen molar-refractivity contribution in [2.24, 2.45) is 11.8 Å². The van der Waals surface area contributed by atoms with E-state index >= 15 is 0 Å². The molecule has 0 atom stereocenters. The number of rotatable bonds is 18. The molecule has 66 heavy (non-hydrogen) atoms. The summed E-state index contributed by atoms with van der Waals surface area (Å²) in [4.78, 5) is 80.6. The number of allylic oxidation sites excluding steroid dienone is 1. The van der Waals surface area contributed by atoms with Gasteiger partial charge in [-0.2, -0.15) is 0 Å². The van der Waals surface area contributed by atoms with Gasteiger partial charge in [-0.3, -0.25) is 24.0 Å². The highest BCUT2D eigenvalue weighted by Gasteiger charge is 2.32. The second-order valence-electron chi connectivity index (χ2n) is 16.7. The lowest BCUT2D eigenvalue weighted by molar-refractivity contribution is -0.153. The first kappa shape index (κ1) is 46.8. The fraction of sp³-hybridized carbons (Fsp3) is 0.315. The van der Waals surface area contributed by atoms with E-state index in [0.29, 0.717) is 98.7 Å². The van der Waals surface area contributed by atoms with Crippen molar-refractivity contribution in [3.8, 4) is 28.5 Å².